The highest BCUT2D eigenvalue weighted by atomic mass is 32.1. The molecule has 128 valence electrons. The first-order valence-corrected chi connectivity index (χ1v) is 8.44. The molecule has 0 aliphatic rings. The number of ether oxygens (including phenoxy) is 2. The smallest absolute Gasteiger partial charge is 0.348 e. The standard InChI is InChI=1S/C16H19N3O4S/c1-6-22-10(4)19-15-11(7-12(24-15)16(20)21-5)14(17-19)13-8(2)18-23-9(13)3/h7,10H,6H2,1-5H3. The summed E-state index contributed by atoms with van der Waals surface area (Å²) in [5.74, 6) is 0.324. The highest BCUT2D eigenvalue weighted by molar-refractivity contribution is 7.20. The van der Waals surface area contributed by atoms with Gasteiger partial charge in [0, 0.05) is 12.0 Å². The molecule has 1 unspecified atom stereocenters. The van der Waals surface area contributed by atoms with Gasteiger partial charge in [0.05, 0.1) is 18.4 Å². The molecule has 1 atom stereocenters. The lowest BCUT2D eigenvalue weighted by atomic mass is 10.1. The molecular formula is C16H19N3O4S. The summed E-state index contributed by atoms with van der Waals surface area (Å²) in [6, 6.07) is 1.80. The molecule has 3 aromatic rings. The Bertz CT molecular complexity index is 873. The number of aryl methyl sites for hydroxylation is 2. The third-order valence-corrected chi connectivity index (χ3v) is 4.90. The van der Waals surface area contributed by atoms with Crippen LogP contribution in [0.2, 0.25) is 0 Å². The fraction of sp³-hybridized carbons (Fsp3) is 0.438. The van der Waals surface area contributed by atoms with Gasteiger partial charge in [-0.15, -0.1) is 11.3 Å². The highest BCUT2D eigenvalue weighted by Gasteiger charge is 2.25. The normalized spacial score (nSPS) is 12.7. The number of hydrogen-bond acceptors (Lipinski definition) is 7. The number of carbonyl (C=O) groups is 1. The number of aromatic nitrogens is 3. The number of methoxy groups -OCH3 is 1. The van der Waals surface area contributed by atoms with E-state index in [2.05, 4.69) is 5.16 Å². The molecule has 3 aromatic heterocycles. The van der Waals surface area contributed by atoms with Crippen molar-refractivity contribution in [2.45, 2.75) is 33.9 Å². The summed E-state index contributed by atoms with van der Waals surface area (Å²) in [6.07, 6.45) is -0.254. The van der Waals surface area contributed by atoms with Crippen LogP contribution in [-0.2, 0) is 9.47 Å². The van der Waals surface area contributed by atoms with Crippen LogP contribution < -0.4 is 0 Å². The van der Waals surface area contributed by atoms with E-state index in [0.717, 1.165) is 27.2 Å². The molecule has 24 heavy (non-hydrogen) atoms. The average molecular weight is 349 g/mol. The number of rotatable bonds is 5. The summed E-state index contributed by atoms with van der Waals surface area (Å²) < 4.78 is 17.6. The van der Waals surface area contributed by atoms with Crippen molar-refractivity contribution in [3.05, 3.63) is 22.4 Å². The first-order chi connectivity index (χ1) is 11.5. The van der Waals surface area contributed by atoms with Gasteiger partial charge in [-0.1, -0.05) is 5.16 Å². The molecule has 0 bridgehead atoms. The molecule has 0 N–H and O–H groups in total. The molecule has 3 rings (SSSR count). The lowest BCUT2D eigenvalue weighted by Crippen LogP contribution is -2.10. The van der Waals surface area contributed by atoms with Crippen molar-refractivity contribution in [2.75, 3.05) is 13.7 Å². The lowest BCUT2D eigenvalue weighted by molar-refractivity contribution is 0.0197. The molecular weight excluding hydrogens is 330 g/mol. The van der Waals surface area contributed by atoms with E-state index >= 15 is 0 Å². The summed E-state index contributed by atoms with van der Waals surface area (Å²) in [4.78, 5) is 13.3. The fourth-order valence-corrected chi connectivity index (χ4v) is 3.79. The minimum absolute atomic E-state index is 0.254. The van der Waals surface area contributed by atoms with E-state index in [9.17, 15) is 4.79 Å². The van der Waals surface area contributed by atoms with Crippen LogP contribution in [-0.4, -0.2) is 34.6 Å². The van der Waals surface area contributed by atoms with Crippen LogP contribution in [0.15, 0.2) is 10.6 Å². The molecule has 8 heteroatoms. The molecule has 0 aliphatic carbocycles. The Hall–Kier alpha value is -2.19. The maximum absolute atomic E-state index is 11.9. The van der Waals surface area contributed by atoms with Crippen LogP contribution in [0.1, 0.15) is 41.2 Å². The number of thiophene rings is 1. The number of esters is 1. The number of nitrogens with zero attached hydrogens (tertiary/aromatic N) is 3. The third kappa shape index (κ3) is 2.61. The predicted octanol–water partition coefficient (Wildman–Crippen LogP) is 3.71. The zero-order valence-corrected chi connectivity index (χ0v) is 15.1. The van der Waals surface area contributed by atoms with Crippen molar-refractivity contribution in [1.82, 2.24) is 14.9 Å². The van der Waals surface area contributed by atoms with Crippen molar-refractivity contribution < 1.29 is 18.8 Å². The van der Waals surface area contributed by atoms with Crippen molar-refractivity contribution in [3.63, 3.8) is 0 Å². The maximum atomic E-state index is 11.9. The van der Waals surface area contributed by atoms with Gasteiger partial charge in [0.15, 0.2) is 0 Å². The minimum atomic E-state index is -0.364. The molecule has 3 heterocycles. The summed E-state index contributed by atoms with van der Waals surface area (Å²) in [5, 5.41) is 9.57. The van der Waals surface area contributed by atoms with E-state index in [1.54, 1.807) is 10.7 Å². The average Bonchev–Trinajstić information content (AvgIpc) is 3.21. The number of hydrogen-bond donors (Lipinski definition) is 0. The van der Waals surface area contributed by atoms with Gasteiger partial charge in [-0.25, -0.2) is 9.48 Å². The van der Waals surface area contributed by atoms with Crippen molar-refractivity contribution >= 4 is 27.5 Å². The van der Waals surface area contributed by atoms with Crippen molar-refractivity contribution in [3.8, 4) is 11.3 Å². The summed E-state index contributed by atoms with van der Waals surface area (Å²) in [7, 11) is 1.37. The first-order valence-electron chi connectivity index (χ1n) is 7.63. The Balaban J connectivity index is 2.25. The van der Waals surface area contributed by atoms with Crippen LogP contribution in [0.25, 0.3) is 21.5 Å². The largest absolute Gasteiger partial charge is 0.465 e. The highest BCUT2D eigenvalue weighted by Crippen LogP contribution is 2.38. The van der Waals surface area contributed by atoms with Crippen molar-refractivity contribution in [2.24, 2.45) is 0 Å². The summed E-state index contributed by atoms with van der Waals surface area (Å²) in [6.45, 7) is 8.14. The van der Waals surface area contributed by atoms with Gasteiger partial charge in [0.25, 0.3) is 0 Å². The molecule has 0 saturated carbocycles. The molecule has 0 aliphatic heterocycles. The van der Waals surface area contributed by atoms with Gasteiger partial charge in [0.1, 0.15) is 27.4 Å². The second kappa shape index (κ2) is 6.37. The summed E-state index contributed by atoms with van der Waals surface area (Å²) >= 11 is 1.34. The van der Waals surface area contributed by atoms with Crippen LogP contribution in [0, 0.1) is 13.8 Å². The van der Waals surface area contributed by atoms with Crippen LogP contribution in [0.3, 0.4) is 0 Å². The predicted molar refractivity (Wildman–Crippen MR) is 90.3 cm³/mol. The maximum Gasteiger partial charge on any atom is 0.348 e. The number of carbonyl (C=O) groups excluding carboxylic acids is 1. The Labute approximate surface area is 143 Å². The van der Waals surface area contributed by atoms with E-state index < -0.39 is 0 Å². The van der Waals surface area contributed by atoms with E-state index in [1.165, 1.54) is 18.4 Å². The SMILES string of the molecule is CCOC(C)n1nc(-c2c(C)noc2C)c2cc(C(=O)OC)sc21. The van der Waals surface area contributed by atoms with Gasteiger partial charge < -0.3 is 14.0 Å². The van der Waals surface area contributed by atoms with Gasteiger partial charge >= 0.3 is 5.97 Å². The second-order valence-corrected chi connectivity index (χ2v) is 6.40. The second-order valence-electron chi connectivity index (χ2n) is 5.37. The minimum Gasteiger partial charge on any atom is -0.465 e. The molecule has 0 aromatic carbocycles. The molecule has 0 spiro atoms. The Morgan fingerprint density at radius 1 is 1.46 bits per heavy atom. The van der Waals surface area contributed by atoms with Crippen LogP contribution in [0.5, 0.6) is 0 Å². The van der Waals surface area contributed by atoms with Gasteiger partial charge in [-0.2, -0.15) is 5.10 Å². The van der Waals surface area contributed by atoms with Gasteiger partial charge in [-0.3, -0.25) is 0 Å². The zero-order chi connectivity index (χ0) is 17.4. The Morgan fingerprint density at radius 3 is 2.79 bits per heavy atom. The zero-order valence-electron chi connectivity index (χ0n) is 14.2. The van der Waals surface area contributed by atoms with Crippen LogP contribution >= 0.6 is 11.3 Å². The fourth-order valence-electron chi connectivity index (χ4n) is 2.69. The molecule has 7 nitrogen and oxygen atoms in total. The topological polar surface area (TPSA) is 79.4 Å². The first kappa shape index (κ1) is 16.7. The molecule has 0 saturated heterocycles. The molecule has 0 fully saturated rings. The van der Waals surface area contributed by atoms with Crippen molar-refractivity contribution in [1.29, 1.82) is 0 Å². The van der Waals surface area contributed by atoms with E-state index in [4.69, 9.17) is 19.1 Å². The molecule has 0 amide bonds. The Kier molecular flexibility index (Phi) is 4.42. The van der Waals surface area contributed by atoms with Gasteiger partial charge in [0.2, 0.25) is 0 Å². The lowest BCUT2D eigenvalue weighted by Gasteiger charge is -2.12. The van der Waals surface area contributed by atoms with E-state index in [1.807, 2.05) is 27.7 Å². The van der Waals surface area contributed by atoms with Crippen LogP contribution in [0.4, 0.5) is 0 Å². The monoisotopic (exact) mass is 349 g/mol. The Morgan fingerprint density at radius 2 is 2.21 bits per heavy atom. The quantitative estimate of drug-likeness (QED) is 0.653. The number of fused-ring (bicyclic) bond motifs is 1. The van der Waals surface area contributed by atoms with E-state index in [0.29, 0.717) is 17.2 Å². The van der Waals surface area contributed by atoms with Gasteiger partial charge in [-0.05, 0) is 33.8 Å². The third-order valence-electron chi connectivity index (χ3n) is 3.79. The van der Waals surface area contributed by atoms with E-state index in [-0.39, 0.29) is 12.2 Å². The summed E-state index contributed by atoms with van der Waals surface area (Å²) in [5.41, 5.74) is 2.34. The molecule has 0 radical (unpaired) electrons.